The second-order valence-corrected chi connectivity index (χ2v) is 4.20. The number of nitrogens with zero attached hydrogens (tertiary/aromatic N) is 1. The highest BCUT2D eigenvalue weighted by Gasteiger charge is 2.10. The Kier molecular flexibility index (Phi) is 3.11. The molecule has 0 bridgehead atoms. The second-order valence-electron chi connectivity index (χ2n) is 2.96. The lowest BCUT2D eigenvalue weighted by Gasteiger charge is -1.97. The lowest BCUT2D eigenvalue weighted by Crippen LogP contribution is -1.81. The summed E-state index contributed by atoms with van der Waals surface area (Å²) >= 11 is 7.24. The van der Waals surface area contributed by atoms with E-state index in [4.69, 9.17) is 4.52 Å². The monoisotopic (exact) mass is 287 g/mol. The Morgan fingerprint density at radius 2 is 2.20 bits per heavy atom. The maximum Gasteiger partial charge on any atom is 0.170 e. The van der Waals surface area contributed by atoms with Gasteiger partial charge in [0.15, 0.2) is 5.76 Å². The van der Waals surface area contributed by atoms with E-state index in [9.17, 15) is 4.39 Å². The molecule has 0 amide bonds. The van der Waals surface area contributed by atoms with Gasteiger partial charge in [-0.25, -0.2) is 4.39 Å². The Bertz CT molecular complexity index is 486. The van der Waals surface area contributed by atoms with Crippen molar-refractivity contribution in [3.05, 3.63) is 40.2 Å². The summed E-state index contributed by atoms with van der Waals surface area (Å²) in [6.07, 6.45) is 0. The van der Waals surface area contributed by atoms with E-state index in [1.807, 2.05) is 0 Å². The van der Waals surface area contributed by atoms with Crippen molar-refractivity contribution in [1.82, 2.24) is 5.16 Å². The Morgan fingerprint density at radius 3 is 2.80 bits per heavy atom. The minimum Gasteiger partial charge on any atom is -0.356 e. The number of hydrogen-bond acceptors (Lipinski definition) is 3. The number of rotatable bonds is 2. The van der Waals surface area contributed by atoms with Crippen LogP contribution < -0.4 is 0 Å². The summed E-state index contributed by atoms with van der Waals surface area (Å²) in [6, 6.07) is 6.46. The van der Waals surface area contributed by atoms with Crippen LogP contribution in [-0.2, 0) is 5.75 Å². The van der Waals surface area contributed by atoms with E-state index >= 15 is 0 Å². The van der Waals surface area contributed by atoms with Crippen LogP contribution in [0.3, 0.4) is 0 Å². The largest absolute Gasteiger partial charge is 0.356 e. The predicted octanol–water partition coefficient (Wildman–Crippen LogP) is 3.67. The van der Waals surface area contributed by atoms with Crippen molar-refractivity contribution < 1.29 is 8.91 Å². The summed E-state index contributed by atoms with van der Waals surface area (Å²) in [5.41, 5.74) is 1.09. The molecule has 0 spiro atoms. The minimum absolute atomic E-state index is 0.341. The van der Waals surface area contributed by atoms with Gasteiger partial charge in [0.25, 0.3) is 0 Å². The summed E-state index contributed by atoms with van der Waals surface area (Å²) in [6.45, 7) is 0. The topological polar surface area (TPSA) is 26.0 Å². The van der Waals surface area contributed by atoms with E-state index in [0.29, 0.717) is 27.2 Å². The normalized spacial score (nSPS) is 10.6. The van der Waals surface area contributed by atoms with Gasteiger partial charge in [-0.15, -0.1) is 0 Å². The molecule has 1 heterocycles. The Balaban J connectivity index is 2.44. The molecule has 5 heteroatoms. The molecule has 0 fully saturated rings. The quantitative estimate of drug-likeness (QED) is 0.853. The summed E-state index contributed by atoms with van der Waals surface area (Å²) in [5.74, 6) is 0.553. The van der Waals surface area contributed by atoms with Crippen LogP contribution in [0.25, 0.3) is 11.3 Å². The zero-order valence-electron chi connectivity index (χ0n) is 7.58. The van der Waals surface area contributed by atoms with Crippen LogP contribution in [0.15, 0.2) is 33.3 Å². The van der Waals surface area contributed by atoms with Crippen LogP contribution in [0.2, 0.25) is 0 Å². The molecule has 1 aromatic carbocycles. The maximum absolute atomic E-state index is 13.5. The predicted molar refractivity (Wildman–Crippen MR) is 62.3 cm³/mol. The molecule has 2 rings (SSSR count). The standard InChI is InChI=1S/C10H7BrFNOS/c11-6-1-2-8(9(12)3-6)10-4-7(5-15)13-14-10/h1-4,15H,5H2. The van der Waals surface area contributed by atoms with Gasteiger partial charge in [0.05, 0.1) is 11.3 Å². The van der Waals surface area contributed by atoms with Gasteiger partial charge in [-0.05, 0) is 18.2 Å². The first-order chi connectivity index (χ1) is 7.20. The average molecular weight is 288 g/mol. The Labute approximate surface area is 100 Å². The zero-order valence-corrected chi connectivity index (χ0v) is 10.1. The van der Waals surface area contributed by atoms with Gasteiger partial charge in [0.1, 0.15) is 5.82 Å². The van der Waals surface area contributed by atoms with Gasteiger partial charge in [0.2, 0.25) is 0 Å². The van der Waals surface area contributed by atoms with Crippen molar-refractivity contribution in [3.8, 4) is 11.3 Å². The molecule has 0 saturated carbocycles. The molecule has 1 aromatic heterocycles. The molecular formula is C10H7BrFNOS. The fourth-order valence-corrected chi connectivity index (χ4v) is 1.68. The first-order valence-electron chi connectivity index (χ1n) is 4.22. The molecule has 2 nitrogen and oxygen atoms in total. The van der Waals surface area contributed by atoms with E-state index in [-0.39, 0.29) is 5.82 Å². The molecule has 15 heavy (non-hydrogen) atoms. The van der Waals surface area contributed by atoms with Crippen LogP contribution in [0.4, 0.5) is 4.39 Å². The van der Waals surface area contributed by atoms with Crippen molar-refractivity contribution in [2.75, 3.05) is 0 Å². The molecule has 0 aliphatic rings. The van der Waals surface area contributed by atoms with E-state index in [1.165, 1.54) is 6.07 Å². The molecule has 0 atom stereocenters. The molecule has 0 aliphatic carbocycles. The SMILES string of the molecule is Fc1cc(Br)ccc1-c1cc(CS)no1. The van der Waals surface area contributed by atoms with Crippen molar-refractivity contribution in [3.63, 3.8) is 0 Å². The molecule has 78 valence electrons. The van der Waals surface area contributed by atoms with Crippen LogP contribution in [-0.4, -0.2) is 5.16 Å². The van der Waals surface area contributed by atoms with Crippen LogP contribution in [0, 0.1) is 5.82 Å². The summed E-state index contributed by atoms with van der Waals surface area (Å²) in [5, 5.41) is 3.74. The zero-order chi connectivity index (χ0) is 10.8. The lowest BCUT2D eigenvalue weighted by atomic mass is 10.1. The van der Waals surface area contributed by atoms with Crippen molar-refractivity contribution in [2.24, 2.45) is 0 Å². The van der Waals surface area contributed by atoms with Gasteiger partial charge in [-0.2, -0.15) is 12.6 Å². The van der Waals surface area contributed by atoms with E-state index < -0.39 is 0 Å². The van der Waals surface area contributed by atoms with Gasteiger partial charge in [-0.3, -0.25) is 0 Å². The Hall–Kier alpha value is -0.810. The highest BCUT2D eigenvalue weighted by atomic mass is 79.9. The fraction of sp³-hybridized carbons (Fsp3) is 0.100. The highest BCUT2D eigenvalue weighted by Crippen LogP contribution is 2.26. The molecule has 0 aliphatic heterocycles. The van der Waals surface area contributed by atoms with Crippen molar-refractivity contribution >= 4 is 28.6 Å². The number of halogens is 2. The maximum atomic E-state index is 13.5. The number of aromatic nitrogens is 1. The molecular weight excluding hydrogens is 281 g/mol. The summed E-state index contributed by atoms with van der Waals surface area (Å²) in [4.78, 5) is 0. The third-order valence-corrected chi connectivity index (χ3v) is 2.73. The van der Waals surface area contributed by atoms with Crippen LogP contribution in [0.1, 0.15) is 5.69 Å². The molecule has 0 saturated heterocycles. The summed E-state index contributed by atoms with van der Waals surface area (Å²) < 4.78 is 19.2. The molecule has 0 N–H and O–H groups in total. The van der Waals surface area contributed by atoms with Gasteiger partial charge >= 0.3 is 0 Å². The third kappa shape index (κ3) is 2.23. The third-order valence-electron chi connectivity index (χ3n) is 1.92. The van der Waals surface area contributed by atoms with E-state index in [0.717, 1.165) is 0 Å². The number of benzene rings is 1. The number of thiol groups is 1. The molecule has 0 radical (unpaired) electrons. The fourth-order valence-electron chi connectivity index (χ4n) is 1.20. The van der Waals surface area contributed by atoms with Gasteiger partial charge in [0, 0.05) is 16.3 Å². The second kappa shape index (κ2) is 4.37. The molecule has 0 unspecified atom stereocenters. The smallest absolute Gasteiger partial charge is 0.170 e. The van der Waals surface area contributed by atoms with Crippen LogP contribution in [0.5, 0.6) is 0 Å². The van der Waals surface area contributed by atoms with E-state index in [2.05, 4.69) is 33.7 Å². The average Bonchev–Trinajstić information content (AvgIpc) is 2.66. The first-order valence-corrected chi connectivity index (χ1v) is 5.65. The first kappa shape index (κ1) is 10.7. The minimum atomic E-state index is -0.341. The van der Waals surface area contributed by atoms with Crippen molar-refractivity contribution in [1.29, 1.82) is 0 Å². The highest BCUT2D eigenvalue weighted by molar-refractivity contribution is 9.10. The Morgan fingerprint density at radius 1 is 1.40 bits per heavy atom. The number of hydrogen-bond donors (Lipinski definition) is 1. The van der Waals surface area contributed by atoms with Crippen LogP contribution >= 0.6 is 28.6 Å². The van der Waals surface area contributed by atoms with Crippen molar-refractivity contribution in [2.45, 2.75) is 5.75 Å². The lowest BCUT2D eigenvalue weighted by molar-refractivity contribution is 0.424. The molecule has 2 aromatic rings. The van der Waals surface area contributed by atoms with E-state index in [1.54, 1.807) is 18.2 Å². The van der Waals surface area contributed by atoms with Gasteiger partial charge in [-0.1, -0.05) is 21.1 Å². The van der Waals surface area contributed by atoms with Gasteiger partial charge < -0.3 is 4.52 Å². The summed E-state index contributed by atoms with van der Waals surface area (Å²) in [7, 11) is 0.